The van der Waals surface area contributed by atoms with Crippen LogP contribution in [0.15, 0.2) is 70.0 Å². The summed E-state index contributed by atoms with van der Waals surface area (Å²) >= 11 is 3.07. The van der Waals surface area contributed by atoms with Crippen molar-refractivity contribution < 1.29 is 19.5 Å². The van der Waals surface area contributed by atoms with Gasteiger partial charge in [-0.25, -0.2) is 4.99 Å². The van der Waals surface area contributed by atoms with Crippen LogP contribution in [0.2, 0.25) is 0 Å². The molecule has 0 unspecified atom stereocenters. The third-order valence-corrected chi connectivity index (χ3v) is 8.96. The predicted molar refractivity (Wildman–Crippen MR) is 160 cm³/mol. The smallest absolute Gasteiger partial charge is 0.312 e. The second kappa shape index (κ2) is 10.2. The number of aromatic hydroxyl groups is 1. The molecule has 0 radical (unpaired) electrons. The number of nitrogens with zero attached hydrogens (tertiary/aromatic N) is 3. The highest BCUT2D eigenvalue weighted by Gasteiger charge is 2.33. The topological polar surface area (TPSA) is 116 Å². The molecular weight excluding hydrogens is 645 g/mol. The Morgan fingerprint density at radius 2 is 1.90 bits per heavy atom. The van der Waals surface area contributed by atoms with Gasteiger partial charge in [-0.2, -0.15) is 0 Å². The minimum absolute atomic E-state index is 0.250. The van der Waals surface area contributed by atoms with E-state index in [2.05, 4.69) is 12.1 Å². The number of phenols is 1. The zero-order chi connectivity index (χ0) is 28.1. The Labute approximate surface area is 245 Å². The SMILES string of the molecule is COc1ccc([C@@H]2C3=C(N=c4s/c(=C/c5cc(I)c(O)c([N+](=O)[O-])c5)c(=O)n42)c2ccccc2CC3)cc1OC. The predicted octanol–water partition coefficient (Wildman–Crippen LogP) is 4.55. The molecule has 4 aromatic rings. The number of halogens is 1. The molecule has 1 N–H and O–H groups in total. The molecule has 6 rings (SSSR count). The average Bonchev–Trinajstić information content (AvgIpc) is 3.27. The Kier molecular flexibility index (Phi) is 6.70. The molecule has 0 bridgehead atoms. The number of nitro groups is 1. The number of hydrogen-bond acceptors (Lipinski definition) is 8. The Bertz CT molecular complexity index is 1930. The summed E-state index contributed by atoms with van der Waals surface area (Å²) in [7, 11) is 3.15. The van der Waals surface area contributed by atoms with E-state index in [1.54, 1.807) is 30.9 Å². The zero-order valence-corrected chi connectivity index (χ0v) is 24.4. The van der Waals surface area contributed by atoms with Gasteiger partial charge in [0.25, 0.3) is 5.56 Å². The lowest BCUT2D eigenvalue weighted by atomic mass is 9.83. The normalized spacial score (nSPS) is 16.1. The molecule has 0 fully saturated rings. The van der Waals surface area contributed by atoms with Gasteiger partial charge < -0.3 is 14.6 Å². The molecule has 11 heteroatoms. The number of aryl methyl sites for hydroxylation is 1. The van der Waals surface area contributed by atoms with Crippen LogP contribution in [0, 0.1) is 13.7 Å². The highest BCUT2D eigenvalue weighted by atomic mass is 127. The number of phenolic OH excluding ortho intramolecular Hbond substituents is 1. The lowest BCUT2D eigenvalue weighted by molar-refractivity contribution is -0.386. The number of aromatic nitrogens is 1. The first-order chi connectivity index (χ1) is 19.3. The van der Waals surface area contributed by atoms with Crippen molar-refractivity contribution in [3.63, 3.8) is 0 Å². The van der Waals surface area contributed by atoms with Gasteiger partial charge in [0.15, 0.2) is 16.3 Å². The molecule has 1 aromatic heterocycles. The average molecular weight is 667 g/mol. The van der Waals surface area contributed by atoms with E-state index in [1.807, 2.05) is 52.9 Å². The fraction of sp³-hybridized carbons (Fsp3) is 0.172. The van der Waals surface area contributed by atoms with Crippen LogP contribution in [-0.4, -0.2) is 28.8 Å². The van der Waals surface area contributed by atoms with E-state index in [9.17, 15) is 20.0 Å². The van der Waals surface area contributed by atoms with Crippen molar-refractivity contribution in [2.24, 2.45) is 4.99 Å². The highest BCUT2D eigenvalue weighted by Crippen LogP contribution is 2.43. The number of fused-ring (bicyclic) bond motifs is 3. The van der Waals surface area contributed by atoms with Gasteiger partial charge in [0.05, 0.1) is 39.0 Å². The van der Waals surface area contributed by atoms with Crippen molar-refractivity contribution in [2.45, 2.75) is 18.9 Å². The number of hydrogen-bond donors (Lipinski definition) is 1. The number of nitro benzene ring substituents is 1. The van der Waals surface area contributed by atoms with E-state index >= 15 is 0 Å². The molecule has 9 nitrogen and oxygen atoms in total. The fourth-order valence-corrected chi connectivity index (χ4v) is 6.96. The van der Waals surface area contributed by atoms with Crippen LogP contribution < -0.4 is 24.4 Å². The highest BCUT2D eigenvalue weighted by molar-refractivity contribution is 14.1. The van der Waals surface area contributed by atoms with Crippen molar-refractivity contribution in [3.8, 4) is 17.2 Å². The molecule has 40 heavy (non-hydrogen) atoms. The van der Waals surface area contributed by atoms with Crippen LogP contribution in [0.4, 0.5) is 5.69 Å². The maximum atomic E-state index is 14.0. The molecule has 202 valence electrons. The molecule has 1 atom stereocenters. The number of rotatable bonds is 5. The number of ether oxygens (including phenoxy) is 2. The molecule has 1 aliphatic heterocycles. The van der Waals surface area contributed by atoms with Crippen molar-refractivity contribution in [2.75, 3.05) is 14.2 Å². The second-order valence-electron chi connectivity index (χ2n) is 9.36. The summed E-state index contributed by atoms with van der Waals surface area (Å²) in [4.78, 5) is 30.4. The molecule has 2 aliphatic rings. The van der Waals surface area contributed by atoms with Gasteiger partial charge in [0.1, 0.15) is 0 Å². The number of methoxy groups -OCH3 is 2. The van der Waals surface area contributed by atoms with Gasteiger partial charge >= 0.3 is 5.69 Å². The van der Waals surface area contributed by atoms with Crippen LogP contribution in [0.5, 0.6) is 17.2 Å². The summed E-state index contributed by atoms with van der Waals surface area (Å²) in [5, 5.41) is 21.6. The molecule has 0 spiro atoms. The standard InChI is InChI=1S/C29H22IN3O6S/c1-38-22-10-8-17(14-23(22)39-2)26-19-9-7-16-5-3-4-6-18(16)25(19)31-29-32(26)28(35)24(40-29)13-15-11-20(30)27(34)21(12-15)33(36)37/h3-6,8,10-14,26,34H,7,9H2,1-2H3/b24-13+/t26-/m1/s1. The second-order valence-corrected chi connectivity index (χ2v) is 11.5. The van der Waals surface area contributed by atoms with E-state index in [1.165, 1.54) is 23.0 Å². The Hall–Kier alpha value is -3.97. The van der Waals surface area contributed by atoms with Gasteiger partial charge in [0.2, 0.25) is 5.75 Å². The molecule has 0 amide bonds. The van der Waals surface area contributed by atoms with Crippen molar-refractivity contribution in [1.29, 1.82) is 0 Å². The Balaban J connectivity index is 1.61. The van der Waals surface area contributed by atoms with Crippen molar-refractivity contribution in [3.05, 3.63) is 116 Å². The van der Waals surface area contributed by atoms with Crippen LogP contribution >= 0.6 is 33.9 Å². The maximum absolute atomic E-state index is 14.0. The first kappa shape index (κ1) is 26.3. The minimum Gasteiger partial charge on any atom is -0.501 e. The van der Waals surface area contributed by atoms with E-state index < -0.39 is 22.4 Å². The zero-order valence-electron chi connectivity index (χ0n) is 21.4. The Morgan fingerprint density at radius 1 is 1.12 bits per heavy atom. The third-order valence-electron chi connectivity index (χ3n) is 7.16. The first-order valence-corrected chi connectivity index (χ1v) is 14.2. The van der Waals surface area contributed by atoms with E-state index in [4.69, 9.17) is 14.5 Å². The van der Waals surface area contributed by atoms with Crippen LogP contribution in [0.3, 0.4) is 0 Å². The number of benzene rings is 3. The first-order valence-electron chi connectivity index (χ1n) is 12.3. The minimum atomic E-state index is -0.640. The van der Waals surface area contributed by atoms with Gasteiger partial charge in [0, 0.05) is 11.6 Å². The van der Waals surface area contributed by atoms with Gasteiger partial charge in [-0.05, 0) is 82.0 Å². The summed E-state index contributed by atoms with van der Waals surface area (Å²) in [6.07, 6.45) is 3.18. The van der Waals surface area contributed by atoms with Crippen molar-refractivity contribution >= 4 is 51.4 Å². The summed E-state index contributed by atoms with van der Waals surface area (Å²) in [5.41, 5.74) is 4.81. The summed E-state index contributed by atoms with van der Waals surface area (Å²) in [5.74, 6) is 0.748. The summed E-state index contributed by atoms with van der Waals surface area (Å²) in [6.45, 7) is 0. The van der Waals surface area contributed by atoms with Gasteiger partial charge in [-0.15, -0.1) is 0 Å². The van der Waals surface area contributed by atoms with Crippen molar-refractivity contribution in [1.82, 2.24) is 4.57 Å². The summed E-state index contributed by atoms with van der Waals surface area (Å²) < 4.78 is 13.4. The van der Waals surface area contributed by atoms with E-state index in [-0.39, 0.29) is 5.56 Å². The van der Waals surface area contributed by atoms with Gasteiger partial charge in [-0.3, -0.25) is 19.5 Å². The van der Waals surface area contributed by atoms with E-state index in [0.717, 1.165) is 35.2 Å². The molecule has 1 aliphatic carbocycles. The quantitative estimate of drug-likeness (QED) is 0.190. The van der Waals surface area contributed by atoms with Crippen LogP contribution in [-0.2, 0) is 6.42 Å². The molecule has 3 aromatic carbocycles. The molecular formula is C29H22IN3O6S. The number of thiazole rings is 1. The van der Waals surface area contributed by atoms with Gasteiger partial charge in [-0.1, -0.05) is 41.7 Å². The lowest BCUT2D eigenvalue weighted by Crippen LogP contribution is -2.38. The fourth-order valence-electron chi connectivity index (χ4n) is 5.32. The van der Waals surface area contributed by atoms with E-state index in [0.29, 0.717) is 30.0 Å². The molecule has 0 saturated heterocycles. The molecule has 0 saturated carbocycles. The summed E-state index contributed by atoms with van der Waals surface area (Å²) in [6, 6.07) is 16.3. The lowest BCUT2D eigenvalue weighted by Gasteiger charge is -2.31. The largest absolute Gasteiger partial charge is 0.501 e. The Morgan fingerprint density at radius 3 is 2.65 bits per heavy atom. The van der Waals surface area contributed by atoms with Crippen LogP contribution in [0.1, 0.15) is 34.7 Å². The monoisotopic (exact) mass is 667 g/mol. The van der Waals surface area contributed by atoms with Crippen LogP contribution in [0.25, 0.3) is 11.8 Å². The molecule has 2 heterocycles. The maximum Gasteiger partial charge on any atom is 0.312 e. The third kappa shape index (κ3) is 4.29. The number of allylic oxidation sites excluding steroid dienone is 1.